The number of sulfonamides is 1. The molecule has 0 heterocycles. The summed E-state index contributed by atoms with van der Waals surface area (Å²) in [5.41, 5.74) is 3.47. The van der Waals surface area contributed by atoms with Gasteiger partial charge in [0.1, 0.15) is 17.1 Å². The summed E-state index contributed by atoms with van der Waals surface area (Å²) in [5, 5.41) is 32.9. The predicted octanol–water partition coefficient (Wildman–Crippen LogP) is 4.20. The Labute approximate surface area is 229 Å². The summed E-state index contributed by atoms with van der Waals surface area (Å²) < 4.78 is 30.8. The van der Waals surface area contributed by atoms with Crippen LogP contribution in [-0.4, -0.2) is 55.2 Å². The summed E-state index contributed by atoms with van der Waals surface area (Å²) in [5.74, 6) is -0.925. The number of benzene rings is 3. The van der Waals surface area contributed by atoms with Crippen molar-refractivity contribution in [2.75, 3.05) is 24.1 Å². The lowest BCUT2D eigenvalue weighted by atomic mass is 10.0. The molecule has 0 amide bonds. The second-order valence-corrected chi connectivity index (χ2v) is 10.7. The number of phenolic OH excluding ortho intramolecular Hbond substituents is 1. The predicted molar refractivity (Wildman–Crippen MR) is 150 cm³/mol. The average Bonchev–Trinajstić information content (AvgIpc) is 2.82. The second-order valence-electron chi connectivity index (χ2n) is 9.00. The van der Waals surface area contributed by atoms with Crippen LogP contribution in [0.3, 0.4) is 0 Å². The minimum absolute atomic E-state index is 0. The van der Waals surface area contributed by atoms with Crippen LogP contribution in [0, 0.1) is 0 Å². The van der Waals surface area contributed by atoms with Crippen molar-refractivity contribution in [1.29, 1.82) is 0 Å². The van der Waals surface area contributed by atoms with Crippen molar-refractivity contribution in [3.63, 3.8) is 0 Å². The summed E-state index contributed by atoms with van der Waals surface area (Å²) in [4.78, 5) is 11.5. The van der Waals surface area contributed by atoms with Gasteiger partial charge >= 0.3 is 5.97 Å². The maximum atomic E-state index is 11.5. The van der Waals surface area contributed by atoms with Gasteiger partial charge in [0.05, 0.1) is 24.2 Å². The van der Waals surface area contributed by atoms with Crippen LogP contribution in [0.5, 0.6) is 11.5 Å². The van der Waals surface area contributed by atoms with Gasteiger partial charge in [-0.05, 0) is 73.3 Å². The number of carboxylic acids is 1. The fraction of sp³-hybridized carbons (Fsp3) is 0.296. The number of aliphatic hydroxyl groups excluding tert-OH is 1. The minimum Gasteiger partial charge on any atom is -0.506 e. The van der Waals surface area contributed by atoms with E-state index in [0.29, 0.717) is 24.3 Å². The first-order chi connectivity index (χ1) is 17.4. The Morgan fingerprint density at radius 3 is 2.26 bits per heavy atom. The Bertz CT molecular complexity index is 1350. The molecule has 206 valence electrons. The quantitative estimate of drug-likeness (QED) is 0.162. The van der Waals surface area contributed by atoms with Crippen molar-refractivity contribution in [3.05, 3.63) is 77.4 Å². The molecule has 0 bridgehead atoms. The maximum absolute atomic E-state index is 11.5. The molecule has 0 aliphatic rings. The highest BCUT2D eigenvalue weighted by molar-refractivity contribution is 7.92. The van der Waals surface area contributed by atoms with Gasteiger partial charge in [0, 0.05) is 6.54 Å². The van der Waals surface area contributed by atoms with E-state index in [2.05, 4.69) is 10.0 Å². The van der Waals surface area contributed by atoms with Crippen LogP contribution >= 0.6 is 12.4 Å². The van der Waals surface area contributed by atoms with E-state index in [1.165, 1.54) is 18.2 Å². The van der Waals surface area contributed by atoms with E-state index in [4.69, 9.17) is 4.74 Å². The Kier molecular flexibility index (Phi) is 11.0. The first-order valence-corrected chi connectivity index (χ1v) is 13.6. The number of hydrogen-bond donors (Lipinski definition) is 5. The largest absolute Gasteiger partial charge is 0.506 e. The molecule has 5 N–H and O–H groups in total. The molecule has 0 radical (unpaired) electrons. The average molecular weight is 565 g/mol. The van der Waals surface area contributed by atoms with Gasteiger partial charge < -0.3 is 25.4 Å². The van der Waals surface area contributed by atoms with Crippen LogP contribution in [0.1, 0.15) is 41.4 Å². The Morgan fingerprint density at radius 2 is 1.66 bits per heavy atom. The van der Waals surface area contributed by atoms with Crippen LogP contribution in [0.15, 0.2) is 60.7 Å². The van der Waals surface area contributed by atoms with E-state index in [1.54, 1.807) is 18.2 Å². The third-order valence-electron chi connectivity index (χ3n) is 5.49. The van der Waals surface area contributed by atoms with Gasteiger partial charge in [-0.15, -0.1) is 12.4 Å². The van der Waals surface area contributed by atoms with E-state index in [1.807, 2.05) is 38.1 Å². The number of halogens is 1. The molecule has 0 aromatic heterocycles. The molecule has 9 nitrogen and oxygen atoms in total. The summed E-state index contributed by atoms with van der Waals surface area (Å²) in [6, 6.07) is 17.2. The summed E-state index contributed by atoms with van der Waals surface area (Å²) in [7, 11) is -3.56. The summed E-state index contributed by atoms with van der Waals surface area (Å²) in [6.45, 7) is 4.54. The standard InChI is InChI=1S/C27H32N2O7S.ClH/c1-17(2)36-26-15-20(8-10-22(26)27(32)33)19-6-4-18(5-7-19)12-13-28-16-25(31)21-9-11-24(30)23(14-21)29-37(3,34)35;/h4-11,14-15,17,25,28-31H,12-13,16H2,1-3H3,(H,32,33);1H/t25-;/m0./s1. The highest BCUT2D eigenvalue weighted by atomic mass is 35.5. The topological polar surface area (TPSA) is 145 Å². The highest BCUT2D eigenvalue weighted by Gasteiger charge is 2.15. The van der Waals surface area contributed by atoms with Crippen molar-refractivity contribution < 1.29 is 33.3 Å². The van der Waals surface area contributed by atoms with Crippen LogP contribution in [-0.2, 0) is 16.4 Å². The number of aliphatic hydroxyl groups is 1. The number of anilines is 1. The fourth-order valence-electron chi connectivity index (χ4n) is 3.73. The van der Waals surface area contributed by atoms with Gasteiger partial charge in [-0.25, -0.2) is 13.2 Å². The van der Waals surface area contributed by atoms with Crippen LogP contribution < -0.4 is 14.8 Å². The normalized spacial score (nSPS) is 12.0. The first kappa shape index (κ1) is 30.9. The zero-order valence-electron chi connectivity index (χ0n) is 21.3. The summed E-state index contributed by atoms with van der Waals surface area (Å²) in [6.07, 6.45) is 0.654. The number of phenols is 1. The number of aromatic carboxylic acids is 1. The van der Waals surface area contributed by atoms with Crippen LogP contribution in [0.25, 0.3) is 11.1 Å². The molecule has 3 aromatic carbocycles. The molecule has 0 spiro atoms. The van der Waals surface area contributed by atoms with E-state index < -0.39 is 22.1 Å². The molecule has 0 aliphatic heterocycles. The molecule has 1 atom stereocenters. The van der Waals surface area contributed by atoms with Gasteiger partial charge in [-0.1, -0.05) is 36.4 Å². The van der Waals surface area contributed by atoms with E-state index in [-0.39, 0.29) is 42.1 Å². The fourth-order valence-corrected chi connectivity index (χ4v) is 4.29. The van der Waals surface area contributed by atoms with E-state index in [9.17, 15) is 28.5 Å². The number of aromatic hydroxyl groups is 1. The molecule has 0 unspecified atom stereocenters. The molecule has 0 saturated heterocycles. The third-order valence-corrected chi connectivity index (χ3v) is 6.08. The van der Waals surface area contributed by atoms with Crippen molar-refractivity contribution in [3.8, 4) is 22.6 Å². The van der Waals surface area contributed by atoms with Gasteiger partial charge in [-0.3, -0.25) is 4.72 Å². The van der Waals surface area contributed by atoms with E-state index in [0.717, 1.165) is 22.9 Å². The van der Waals surface area contributed by atoms with Crippen LogP contribution in [0.2, 0.25) is 0 Å². The minimum atomic E-state index is -3.56. The van der Waals surface area contributed by atoms with Gasteiger partial charge in [0.25, 0.3) is 0 Å². The lowest BCUT2D eigenvalue weighted by Gasteiger charge is -2.15. The molecular formula is C27H33ClN2O7S. The molecule has 3 aromatic rings. The number of carboxylic acid groups (broad SMARTS) is 1. The zero-order valence-corrected chi connectivity index (χ0v) is 23.0. The Hall–Kier alpha value is -3.31. The number of rotatable bonds is 12. The highest BCUT2D eigenvalue weighted by Crippen LogP contribution is 2.29. The van der Waals surface area contributed by atoms with Gasteiger partial charge in [0.2, 0.25) is 10.0 Å². The Morgan fingerprint density at radius 1 is 1.00 bits per heavy atom. The van der Waals surface area contributed by atoms with Gasteiger partial charge in [0.15, 0.2) is 0 Å². The van der Waals surface area contributed by atoms with Crippen molar-refractivity contribution in [1.82, 2.24) is 5.32 Å². The number of hydrogen-bond acceptors (Lipinski definition) is 7. The molecule has 3 rings (SSSR count). The van der Waals surface area contributed by atoms with Gasteiger partial charge in [-0.2, -0.15) is 0 Å². The smallest absolute Gasteiger partial charge is 0.339 e. The number of nitrogens with one attached hydrogen (secondary N) is 2. The number of carbonyl (C=O) groups is 1. The third kappa shape index (κ3) is 8.91. The zero-order chi connectivity index (χ0) is 27.2. The molecule has 0 saturated carbocycles. The first-order valence-electron chi connectivity index (χ1n) is 11.8. The van der Waals surface area contributed by atoms with E-state index >= 15 is 0 Å². The molecule has 0 aliphatic carbocycles. The lowest BCUT2D eigenvalue weighted by molar-refractivity contribution is 0.0690. The molecular weight excluding hydrogens is 532 g/mol. The molecule has 0 fully saturated rings. The summed E-state index contributed by atoms with van der Waals surface area (Å²) >= 11 is 0. The lowest BCUT2D eigenvalue weighted by Crippen LogP contribution is -2.23. The molecule has 11 heteroatoms. The second kappa shape index (κ2) is 13.5. The Balaban J connectivity index is 0.00000507. The van der Waals surface area contributed by atoms with Crippen LogP contribution in [0.4, 0.5) is 5.69 Å². The molecule has 38 heavy (non-hydrogen) atoms. The van der Waals surface area contributed by atoms with Crippen molar-refractivity contribution in [2.24, 2.45) is 0 Å². The van der Waals surface area contributed by atoms with Crippen molar-refractivity contribution >= 4 is 34.1 Å². The maximum Gasteiger partial charge on any atom is 0.339 e. The number of ether oxygens (including phenoxy) is 1. The van der Waals surface area contributed by atoms with Crippen molar-refractivity contribution in [2.45, 2.75) is 32.5 Å². The monoisotopic (exact) mass is 564 g/mol. The SMILES string of the molecule is CC(C)Oc1cc(-c2ccc(CCNC[C@H](O)c3ccc(O)c(NS(C)(=O)=O)c3)cc2)ccc1C(=O)O.Cl.